The van der Waals surface area contributed by atoms with Gasteiger partial charge in [0.2, 0.25) is 0 Å². The van der Waals surface area contributed by atoms with Crippen LogP contribution in [0.3, 0.4) is 0 Å². The van der Waals surface area contributed by atoms with Gasteiger partial charge in [0, 0.05) is 68.8 Å². The Morgan fingerprint density at radius 1 is 0.528 bits per heavy atom. The van der Waals surface area contributed by atoms with Crippen molar-refractivity contribution in [1.29, 1.82) is 0 Å². The summed E-state index contributed by atoms with van der Waals surface area (Å²) in [6, 6.07) is 13.1. The number of nitrogens with zero attached hydrogens (tertiary/aromatic N) is 4. The Morgan fingerprint density at radius 2 is 1.04 bits per heavy atom. The molecule has 13 nitrogen and oxygen atoms in total. The van der Waals surface area contributed by atoms with Gasteiger partial charge in [0.05, 0.1) is 0 Å². The fourth-order valence-electron chi connectivity index (χ4n) is 5.09. The molecular formula is C40H46N4O9. The highest BCUT2D eigenvalue weighted by Gasteiger charge is 2.29. The molecule has 4 rings (SSSR count). The Kier molecular flexibility index (Phi) is 18.5. The molecule has 4 aromatic heterocycles. The minimum absolute atomic E-state index is 0.0414. The molecule has 13 heteroatoms. The summed E-state index contributed by atoms with van der Waals surface area (Å²) in [5, 5.41) is 27.4. The second-order valence-electron chi connectivity index (χ2n) is 13.0. The SMILES string of the molecule is CC(C)CCC(=O)C(CC(C)C)C(=O)O.O=C(O)C(C(=O)Cc1cccnc1)c1cccnc1.O=C(O)C(C(=O)Cc1ccncc1)c1ccncc1. The summed E-state index contributed by atoms with van der Waals surface area (Å²) in [6.45, 7) is 7.94. The second kappa shape index (κ2) is 22.8. The van der Waals surface area contributed by atoms with Crippen molar-refractivity contribution in [3.8, 4) is 0 Å². The Hall–Kier alpha value is -5.98. The Labute approximate surface area is 308 Å². The molecule has 280 valence electrons. The van der Waals surface area contributed by atoms with Gasteiger partial charge in [0.1, 0.15) is 23.5 Å². The molecule has 0 amide bonds. The van der Waals surface area contributed by atoms with E-state index in [1.54, 1.807) is 73.3 Å². The van der Waals surface area contributed by atoms with Crippen molar-refractivity contribution in [1.82, 2.24) is 19.9 Å². The number of carbonyl (C=O) groups excluding carboxylic acids is 3. The molecule has 0 spiro atoms. The molecule has 3 atom stereocenters. The van der Waals surface area contributed by atoms with Crippen LogP contribution >= 0.6 is 0 Å². The number of aromatic nitrogens is 4. The predicted molar refractivity (Wildman–Crippen MR) is 195 cm³/mol. The maximum atomic E-state index is 12.1. The molecule has 0 bridgehead atoms. The minimum Gasteiger partial charge on any atom is -0.481 e. The molecule has 0 fully saturated rings. The third-order valence-electron chi connectivity index (χ3n) is 7.79. The van der Waals surface area contributed by atoms with E-state index in [2.05, 4.69) is 19.9 Å². The van der Waals surface area contributed by atoms with E-state index in [0.717, 1.165) is 12.0 Å². The fraction of sp³-hybridized carbons (Fsp3) is 0.350. The molecule has 0 aliphatic carbocycles. The number of hydrogen-bond acceptors (Lipinski definition) is 10. The number of hydrogen-bond donors (Lipinski definition) is 3. The van der Waals surface area contributed by atoms with E-state index in [-0.39, 0.29) is 36.1 Å². The van der Waals surface area contributed by atoms with E-state index in [1.165, 1.54) is 24.8 Å². The first-order chi connectivity index (χ1) is 25.2. The highest BCUT2D eigenvalue weighted by molar-refractivity contribution is 6.05. The van der Waals surface area contributed by atoms with Crippen LogP contribution in [0.1, 0.15) is 81.0 Å². The molecule has 0 aliphatic heterocycles. The van der Waals surface area contributed by atoms with Crippen molar-refractivity contribution in [2.75, 3.05) is 0 Å². The molecule has 0 aliphatic rings. The lowest BCUT2D eigenvalue weighted by atomic mass is 9.90. The van der Waals surface area contributed by atoms with Crippen LogP contribution in [0.4, 0.5) is 0 Å². The molecular weight excluding hydrogens is 680 g/mol. The molecule has 0 saturated heterocycles. The average molecular weight is 727 g/mol. The molecule has 53 heavy (non-hydrogen) atoms. The van der Waals surface area contributed by atoms with E-state index >= 15 is 0 Å². The maximum Gasteiger partial charge on any atom is 0.318 e. The minimum atomic E-state index is -1.19. The highest BCUT2D eigenvalue weighted by atomic mass is 16.4. The Bertz CT molecular complexity index is 1650. The standard InChI is InChI=1S/2C14H12N2O3.C12H22O3/c17-12(9-10-1-5-15-6-2-10)13(14(18)19)11-3-7-16-8-4-11;17-12(7-10-3-1-5-15-8-10)13(14(18)19)11-4-2-6-16-9-11;1-8(2)5-6-11(13)10(12(14)15)7-9(3)4/h1-8,13H,9H2,(H,18,19);1-6,8-9,13H,7H2,(H,18,19);8-10H,5-7H2,1-4H3,(H,14,15). The van der Waals surface area contributed by atoms with Gasteiger partial charge in [-0.25, -0.2) is 0 Å². The largest absolute Gasteiger partial charge is 0.481 e. The summed E-state index contributed by atoms with van der Waals surface area (Å²) < 4.78 is 0. The van der Waals surface area contributed by atoms with E-state index < -0.39 is 35.7 Å². The summed E-state index contributed by atoms with van der Waals surface area (Å²) >= 11 is 0. The van der Waals surface area contributed by atoms with Crippen molar-refractivity contribution in [3.63, 3.8) is 0 Å². The first-order valence-corrected chi connectivity index (χ1v) is 17.0. The average Bonchev–Trinajstić information content (AvgIpc) is 3.11. The fourth-order valence-corrected chi connectivity index (χ4v) is 5.09. The smallest absolute Gasteiger partial charge is 0.318 e. The van der Waals surface area contributed by atoms with E-state index in [4.69, 9.17) is 5.11 Å². The van der Waals surface area contributed by atoms with Crippen LogP contribution < -0.4 is 0 Å². The third-order valence-corrected chi connectivity index (χ3v) is 7.79. The second-order valence-corrected chi connectivity index (χ2v) is 13.0. The van der Waals surface area contributed by atoms with Crippen molar-refractivity contribution in [2.45, 2.75) is 71.6 Å². The summed E-state index contributed by atoms with van der Waals surface area (Å²) in [6.07, 6.45) is 13.9. The van der Waals surface area contributed by atoms with Gasteiger partial charge in [-0.05, 0) is 83.3 Å². The number of carboxylic acid groups (broad SMARTS) is 3. The van der Waals surface area contributed by atoms with Crippen LogP contribution in [0.15, 0.2) is 98.1 Å². The van der Waals surface area contributed by atoms with Crippen LogP contribution in [-0.4, -0.2) is 70.5 Å². The summed E-state index contributed by atoms with van der Waals surface area (Å²) in [5.74, 6) is -6.60. The molecule has 0 saturated carbocycles. The van der Waals surface area contributed by atoms with Crippen molar-refractivity contribution >= 4 is 35.3 Å². The number of carbonyl (C=O) groups is 6. The molecule has 3 unspecified atom stereocenters. The van der Waals surface area contributed by atoms with Gasteiger partial charge in [-0.3, -0.25) is 48.7 Å². The monoisotopic (exact) mass is 726 g/mol. The molecule has 4 heterocycles. The number of rotatable bonds is 17. The Balaban J connectivity index is 0.000000278. The van der Waals surface area contributed by atoms with Gasteiger partial charge >= 0.3 is 17.9 Å². The lowest BCUT2D eigenvalue weighted by Crippen LogP contribution is -2.25. The molecule has 0 radical (unpaired) electrons. The van der Waals surface area contributed by atoms with Gasteiger partial charge in [-0.15, -0.1) is 0 Å². The van der Waals surface area contributed by atoms with E-state index in [1.807, 2.05) is 27.7 Å². The number of carboxylic acids is 3. The summed E-state index contributed by atoms with van der Waals surface area (Å²) in [7, 11) is 0. The van der Waals surface area contributed by atoms with Crippen molar-refractivity contribution in [2.24, 2.45) is 17.8 Å². The summed E-state index contributed by atoms with van der Waals surface area (Å²) in [4.78, 5) is 84.8. The first-order valence-electron chi connectivity index (χ1n) is 17.0. The predicted octanol–water partition coefficient (Wildman–Crippen LogP) is 5.65. The van der Waals surface area contributed by atoms with Crippen molar-refractivity contribution < 1.29 is 44.1 Å². The number of ketones is 3. The number of pyridine rings is 4. The number of aliphatic carboxylic acids is 3. The molecule has 4 aromatic rings. The lowest BCUT2D eigenvalue weighted by Gasteiger charge is -2.14. The maximum absolute atomic E-state index is 12.1. The van der Waals surface area contributed by atoms with Crippen molar-refractivity contribution in [3.05, 3.63) is 120 Å². The van der Waals surface area contributed by atoms with Gasteiger partial charge in [0.25, 0.3) is 0 Å². The highest BCUT2D eigenvalue weighted by Crippen LogP contribution is 2.20. The number of Topliss-reactive ketones (excluding diaryl/α,β-unsaturated/α-hetero) is 3. The summed E-state index contributed by atoms with van der Waals surface area (Å²) in [5.41, 5.74) is 2.29. The van der Waals surface area contributed by atoms with Gasteiger partial charge in [-0.2, -0.15) is 0 Å². The van der Waals surface area contributed by atoms with Gasteiger partial charge in [0.15, 0.2) is 11.6 Å². The quantitative estimate of drug-likeness (QED) is 0.112. The Morgan fingerprint density at radius 3 is 1.49 bits per heavy atom. The van der Waals surface area contributed by atoms with E-state index in [0.29, 0.717) is 35.4 Å². The van der Waals surface area contributed by atoms with Crippen LogP contribution in [0.2, 0.25) is 0 Å². The lowest BCUT2D eigenvalue weighted by molar-refractivity contribution is -0.147. The first kappa shape index (κ1) is 43.2. The van der Waals surface area contributed by atoms with Crippen LogP contribution in [-0.2, 0) is 41.6 Å². The topological polar surface area (TPSA) is 215 Å². The van der Waals surface area contributed by atoms with Crippen LogP contribution in [0.5, 0.6) is 0 Å². The van der Waals surface area contributed by atoms with Crippen LogP contribution in [0.25, 0.3) is 0 Å². The van der Waals surface area contributed by atoms with Gasteiger partial charge in [-0.1, -0.05) is 39.8 Å². The van der Waals surface area contributed by atoms with Gasteiger partial charge < -0.3 is 15.3 Å². The third kappa shape index (κ3) is 15.8. The molecule has 3 N–H and O–H groups in total. The van der Waals surface area contributed by atoms with Crippen LogP contribution in [0, 0.1) is 17.8 Å². The normalized spacial score (nSPS) is 12.2. The molecule has 0 aromatic carbocycles. The zero-order valence-electron chi connectivity index (χ0n) is 30.2. The zero-order chi connectivity index (χ0) is 39.3. The zero-order valence-corrected chi connectivity index (χ0v) is 30.2. The van der Waals surface area contributed by atoms with E-state index in [9.17, 15) is 39.0 Å².